The molecule has 3 nitrogen and oxygen atoms in total. The number of nitrogens with one attached hydrogen (secondary N) is 1. The third-order valence-corrected chi connectivity index (χ3v) is 3.86. The van der Waals surface area contributed by atoms with Gasteiger partial charge in [0, 0.05) is 31.0 Å². The number of aromatic nitrogens is 2. The average molecular weight is 285 g/mol. The summed E-state index contributed by atoms with van der Waals surface area (Å²) in [6, 6.07) is 9.71. The van der Waals surface area contributed by atoms with Gasteiger partial charge in [-0.1, -0.05) is 45.0 Å². The predicted octanol–water partition coefficient (Wildman–Crippen LogP) is 3.92. The minimum Gasteiger partial charge on any atom is -0.336 e. The van der Waals surface area contributed by atoms with E-state index in [-0.39, 0.29) is 5.41 Å². The van der Waals surface area contributed by atoms with Gasteiger partial charge < -0.3 is 9.88 Å². The van der Waals surface area contributed by atoms with Gasteiger partial charge in [0.05, 0.1) is 6.33 Å². The molecule has 0 aliphatic rings. The Bertz CT molecular complexity index is 535. The van der Waals surface area contributed by atoms with Gasteiger partial charge in [-0.25, -0.2) is 4.98 Å². The highest BCUT2D eigenvalue weighted by atomic mass is 15.1. The van der Waals surface area contributed by atoms with E-state index in [2.05, 4.69) is 73.8 Å². The predicted molar refractivity (Wildman–Crippen MR) is 88.4 cm³/mol. The van der Waals surface area contributed by atoms with Crippen LogP contribution in [-0.2, 0) is 12.0 Å². The minimum atomic E-state index is 0.212. The maximum Gasteiger partial charge on any atom is 0.0946 e. The van der Waals surface area contributed by atoms with E-state index in [4.69, 9.17) is 0 Å². The lowest BCUT2D eigenvalue weighted by atomic mass is 9.86. The second-order valence-electron chi connectivity index (χ2n) is 6.92. The Morgan fingerprint density at radius 3 is 2.33 bits per heavy atom. The summed E-state index contributed by atoms with van der Waals surface area (Å²) in [4.78, 5) is 4.08. The molecule has 1 N–H and O–H groups in total. The first-order chi connectivity index (χ1) is 9.86. The molecule has 1 aromatic carbocycles. The Morgan fingerprint density at radius 2 is 1.81 bits per heavy atom. The molecule has 1 aromatic heterocycles. The Morgan fingerprint density at radius 1 is 1.14 bits per heavy atom. The van der Waals surface area contributed by atoms with Crippen LogP contribution in [0.5, 0.6) is 0 Å². The van der Waals surface area contributed by atoms with Gasteiger partial charge >= 0.3 is 0 Å². The van der Waals surface area contributed by atoms with Crippen molar-refractivity contribution < 1.29 is 0 Å². The highest BCUT2D eigenvalue weighted by molar-refractivity contribution is 5.29. The van der Waals surface area contributed by atoms with Crippen LogP contribution in [0.4, 0.5) is 0 Å². The zero-order valence-electron chi connectivity index (χ0n) is 13.8. The second kappa shape index (κ2) is 6.44. The molecule has 3 heteroatoms. The van der Waals surface area contributed by atoms with Crippen LogP contribution < -0.4 is 5.32 Å². The van der Waals surface area contributed by atoms with Crippen LogP contribution in [-0.4, -0.2) is 15.6 Å². The molecule has 0 aliphatic heterocycles. The van der Waals surface area contributed by atoms with Gasteiger partial charge in [0.15, 0.2) is 0 Å². The molecule has 0 spiro atoms. The second-order valence-corrected chi connectivity index (χ2v) is 6.92. The summed E-state index contributed by atoms with van der Waals surface area (Å²) in [7, 11) is 0. The van der Waals surface area contributed by atoms with Crippen molar-refractivity contribution in [2.75, 3.05) is 0 Å². The summed E-state index contributed by atoms with van der Waals surface area (Å²) in [6.45, 7) is 12.1. The van der Waals surface area contributed by atoms with Gasteiger partial charge in [-0.05, 0) is 30.4 Å². The molecule has 0 saturated carbocycles. The fourth-order valence-corrected chi connectivity index (χ4v) is 2.56. The fourth-order valence-electron chi connectivity index (χ4n) is 2.56. The van der Waals surface area contributed by atoms with Gasteiger partial charge in [-0.15, -0.1) is 0 Å². The van der Waals surface area contributed by atoms with Gasteiger partial charge in [0.25, 0.3) is 0 Å². The van der Waals surface area contributed by atoms with Crippen molar-refractivity contribution in [2.45, 2.75) is 58.7 Å². The van der Waals surface area contributed by atoms with Crippen molar-refractivity contribution in [3.05, 3.63) is 54.1 Å². The van der Waals surface area contributed by atoms with Crippen molar-refractivity contribution >= 4 is 0 Å². The van der Waals surface area contributed by atoms with Crippen LogP contribution in [0.1, 0.15) is 51.8 Å². The monoisotopic (exact) mass is 285 g/mol. The molecule has 2 aromatic rings. The highest BCUT2D eigenvalue weighted by Gasteiger charge is 2.14. The number of benzene rings is 1. The quantitative estimate of drug-likeness (QED) is 0.902. The molecule has 0 saturated heterocycles. The van der Waals surface area contributed by atoms with Gasteiger partial charge in [-0.3, -0.25) is 0 Å². The zero-order valence-corrected chi connectivity index (χ0v) is 13.8. The normalized spacial score (nSPS) is 14.9. The molecular formula is C18H27N3. The molecule has 0 fully saturated rings. The van der Waals surface area contributed by atoms with E-state index in [1.807, 2.05) is 18.7 Å². The molecule has 0 bridgehead atoms. The number of hydrogen-bond donors (Lipinski definition) is 1. The van der Waals surface area contributed by atoms with Crippen molar-refractivity contribution in [3.63, 3.8) is 0 Å². The molecule has 21 heavy (non-hydrogen) atoms. The Labute approximate surface area is 128 Å². The largest absolute Gasteiger partial charge is 0.336 e. The van der Waals surface area contributed by atoms with E-state index in [0.29, 0.717) is 12.1 Å². The van der Waals surface area contributed by atoms with Crippen LogP contribution >= 0.6 is 0 Å². The van der Waals surface area contributed by atoms with Crippen LogP contribution in [0.3, 0.4) is 0 Å². The van der Waals surface area contributed by atoms with E-state index in [9.17, 15) is 0 Å². The summed E-state index contributed by atoms with van der Waals surface area (Å²) in [5.41, 5.74) is 2.93. The minimum absolute atomic E-state index is 0.212. The topological polar surface area (TPSA) is 29.9 Å². The van der Waals surface area contributed by atoms with E-state index in [1.54, 1.807) is 0 Å². The number of imidazole rings is 1. The van der Waals surface area contributed by atoms with Crippen molar-refractivity contribution in [2.24, 2.45) is 0 Å². The molecule has 2 unspecified atom stereocenters. The summed E-state index contributed by atoms with van der Waals surface area (Å²) in [5, 5.41) is 3.64. The summed E-state index contributed by atoms with van der Waals surface area (Å²) >= 11 is 0. The lowest BCUT2D eigenvalue weighted by Crippen LogP contribution is -2.32. The Balaban J connectivity index is 1.95. The first-order valence-corrected chi connectivity index (χ1v) is 7.68. The van der Waals surface area contributed by atoms with Crippen LogP contribution in [0.2, 0.25) is 0 Å². The molecule has 0 amide bonds. The maximum atomic E-state index is 4.08. The van der Waals surface area contributed by atoms with Crippen LogP contribution in [0.25, 0.3) is 0 Å². The van der Waals surface area contributed by atoms with Crippen LogP contribution in [0, 0.1) is 0 Å². The Hall–Kier alpha value is -1.61. The van der Waals surface area contributed by atoms with E-state index in [1.165, 1.54) is 11.1 Å². The average Bonchev–Trinajstić information content (AvgIpc) is 2.90. The molecule has 2 atom stereocenters. The zero-order chi connectivity index (χ0) is 15.5. The molecular weight excluding hydrogens is 258 g/mol. The van der Waals surface area contributed by atoms with Gasteiger partial charge in [0.1, 0.15) is 0 Å². The third kappa shape index (κ3) is 4.43. The molecule has 114 valence electrons. The molecule has 2 rings (SSSR count). The van der Waals surface area contributed by atoms with E-state index >= 15 is 0 Å². The number of hydrogen-bond acceptors (Lipinski definition) is 2. The van der Waals surface area contributed by atoms with E-state index in [0.717, 1.165) is 6.54 Å². The summed E-state index contributed by atoms with van der Waals surface area (Å²) in [5.74, 6) is 0. The third-order valence-electron chi connectivity index (χ3n) is 3.86. The van der Waals surface area contributed by atoms with E-state index < -0.39 is 0 Å². The maximum absolute atomic E-state index is 4.08. The summed E-state index contributed by atoms with van der Waals surface area (Å²) in [6.07, 6.45) is 5.68. The lowest BCUT2D eigenvalue weighted by Gasteiger charge is -2.23. The molecule has 0 radical (unpaired) electrons. The molecule has 0 aliphatic carbocycles. The highest BCUT2D eigenvalue weighted by Crippen LogP contribution is 2.24. The van der Waals surface area contributed by atoms with Gasteiger partial charge in [0.2, 0.25) is 0 Å². The summed E-state index contributed by atoms with van der Waals surface area (Å²) < 4.78 is 2.10. The number of rotatable bonds is 5. The Kier molecular flexibility index (Phi) is 4.84. The fraction of sp³-hybridized carbons (Fsp3) is 0.500. The van der Waals surface area contributed by atoms with Gasteiger partial charge in [-0.2, -0.15) is 0 Å². The smallest absolute Gasteiger partial charge is 0.0946 e. The van der Waals surface area contributed by atoms with Crippen molar-refractivity contribution in [1.29, 1.82) is 0 Å². The van der Waals surface area contributed by atoms with Crippen molar-refractivity contribution in [1.82, 2.24) is 14.9 Å². The van der Waals surface area contributed by atoms with Crippen LogP contribution in [0.15, 0.2) is 43.0 Å². The SMILES string of the molecule is CC(Cn1ccnc1)NC(C)c1ccc(C(C)(C)C)cc1. The standard InChI is InChI=1S/C18H27N3/c1-14(12-21-11-10-19-13-21)20-15(2)16-6-8-17(9-7-16)18(3,4)5/h6-11,13-15,20H,12H2,1-5H3. The molecule has 1 heterocycles. The number of nitrogens with zero attached hydrogens (tertiary/aromatic N) is 2. The first kappa shape index (κ1) is 15.8. The first-order valence-electron chi connectivity index (χ1n) is 7.68. The lowest BCUT2D eigenvalue weighted by molar-refractivity contribution is 0.430. The van der Waals surface area contributed by atoms with Crippen molar-refractivity contribution in [3.8, 4) is 0 Å².